The Morgan fingerprint density at radius 2 is 2.22 bits per heavy atom. The Morgan fingerprint density at radius 1 is 1.44 bits per heavy atom. The van der Waals surface area contributed by atoms with E-state index in [1.165, 1.54) is 0 Å². The molecule has 0 radical (unpaired) electrons. The number of hydrogen-bond acceptors (Lipinski definition) is 4. The lowest BCUT2D eigenvalue weighted by atomic mass is 10.2. The molecule has 0 bridgehead atoms. The fourth-order valence-electron chi connectivity index (χ4n) is 2.25. The van der Waals surface area contributed by atoms with E-state index < -0.39 is 0 Å². The van der Waals surface area contributed by atoms with Gasteiger partial charge in [0.1, 0.15) is 5.69 Å². The predicted molar refractivity (Wildman–Crippen MR) is 66.6 cm³/mol. The molecule has 1 saturated heterocycles. The lowest BCUT2D eigenvalue weighted by Crippen LogP contribution is -2.30. The summed E-state index contributed by atoms with van der Waals surface area (Å²) in [5.74, 6) is 1.42. The smallest absolute Gasteiger partial charge is 0.223 e. The Hall–Kier alpha value is -1.78. The van der Waals surface area contributed by atoms with E-state index in [2.05, 4.69) is 11.9 Å². The van der Waals surface area contributed by atoms with E-state index in [9.17, 15) is 4.79 Å². The number of pyridine rings is 1. The van der Waals surface area contributed by atoms with Crippen LogP contribution in [0, 0.1) is 0 Å². The van der Waals surface area contributed by atoms with Crippen molar-refractivity contribution in [3.63, 3.8) is 0 Å². The predicted octanol–water partition coefficient (Wildman–Crippen LogP) is 1.61. The number of carbonyl (C=O) groups excluding carboxylic acids is 1. The van der Waals surface area contributed by atoms with Crippen LogP contribution in [-0.2, 0) is 11.3 Å². The maximum atomic E-state index is 11.8. The molecule has 1 aromatic rings. The van der Waals surface area contributed by atoms with Crippen LogP contribution in [-0.4, -0.2) is 36.1 Å². The molecule has 1 aliphatic heterocycles. The highest BCUT2D eigenvalue weighted by atomic mass is 16.5. The summed E-state index contributed by atoms with van der Waals surface area (Å²) in [6.45, 7) is 2.53. The summed E-state index contributed by atoms with van der Waals surface area (Å²) >= 11 is 0. The highest BCUT2D eigenvalue weighted by molar-refractivity contribution is 5.78. The number of likely N-dealkylation sites (tertiary alicyclic amines) is 1. The minimum absolute atomic E-state index is 0.175. The van der Waals surface area contributed by atoms with Crippen molar-refractivity contribution in [3.05, 3.63) is 18.0 Å². The van der Waals surface area contributed by atoms with Crippen molar-refractivity contribution >= 4 is 5.91 Å². The minimum Gasteiger partial charge on any atom is -0.493 e. The summed E-state index contributed by atoms with van der Waals surface area (Å²) in [5.41, 5.74) is 0.735. The standard InChI is InChI=1S/C13H18N2O3/c1-9-4-5-12(16)15(9)8-10-13(18-3)11(17-2)6-7-14-10/h6-7,9H,4-5,8H2,1-3H3. The monoisotopic (exact) mass is 250 g/mol. The lowest BCUT2D eigenvalue weighted by Gasteiger charge is -2.22. The number of carbonyl (C=O) groups is 1. The molecule has 0 aliphatic carbocycles. The molecule has 0 spiro atoms. The Morgan fingerprint density at radius 3 is 2.78 bits per heavy atom. The molecular formula is C13H18N2O3. The van der Waals surface area contributed by atoms with Crippen molar-refractivity contribution in [2.75, 3.05) is 14.2 Å². The van der Waals surface area contributed by atoms with Crippen LogP contribution in [0.15, 0.2) is 12.3 Å². The Kier molecular flexibility index (Phi) is 3.69. The molecule has 0 saturated carbocycles. The van der Waals surface area contributed by atoms with E-state index in [0.717, 1.165) is 12.1 Å². The van der Waals surface area contributed by atoms with Crippen molar-refractivity contribution in [3.8, 4) is 11.5 Å². The van der Waals surface area contributed by atoms with E-state index in [1.54, 1.807) is 26.5 Å². The van der Waals surface area contributed by atoms with Crippen molar-refractivity contribution in [2.24, 2.45) is 0 Å². The second-order valence-electron chi connectivity index (χ2n) is 4.40. The average molecular weight is 250 g/mol. The molecule has 1 aromatic heterocycles. The summed E-state index contributed by atoms with van der Waals surface area (Å²) < 4.78 is 10.5. The van der Waals surface area contributed by atoms with Crippen LogP contribution < -0.4 is 9.47 Å². The van der Waals surface area contributed by atoms with Gasteiger partial charge in [0.2, 0.25) is 5.91 Å². The summed E-state index contributed by atoms with van der Waals surface area (Å²) in [5, 5.41) is 0. The molecule has 1 aliphatic rings. The summed E-state index contributed by atoms with van der Waals surface area (Å²) in [6, 6.07) is 2.01. The molecule has 1 amide bonds. The number of aromatic nitrogens is 1. The van der Waals surface area contributed by atoms with Gasteiger partial charge in [0.25, 0.3) is 0 Å². The molecule has 1 fully saturated rings. The highest BCUT2D eigenvalue weighted by Gasteiger charge is 2.29. The first-order valence-corrected chi connectivity index (χ1v) is 6.02. The Bertz CT molecular complexity index is 448. The number of rotatable bonds is 4. The third-order valence-corrected chi connectivity index (χ3v) is 3.31. The molecule has 5 heteroatoms. The quantitative estimate of drug-likeness (QED) is 0.814. The SMILES string of the molecule is COc1ccnc(CN2C(=O)CCC2C)c1OC. The fraction of sp³-hybridized carbons (Fsp3) is 0.538. The number of amides is 1. The second-order valence-corrected chi connectivity index (χ2v) is 4.40. The van der Waals surface area contributed by atoms with Crippen molar-refractivity contribution < 1.29 is 14.3 Å². The van der Waals surface area contributed by atoms with Crippen LogP contribution in [0.3, 0.4) is 0 Å². The maximum Gasteiger partial charge on any atom is 0.223 e. The lowest BCUT2D eigenvalue weighted by molar-refractivity contribution is -0.129. The molecular weight excluding hydrogens is 232 g/mol. The van der Waals surface area contributed by atoms with Gasteiger partial charge in [-0.1, -0.05) is 0 Å². The fourth-order valence-corrected chi connectivity index (χ4v) is 2.25. The number of hydrogen-bond donors (Lipinski definition) is 0. The van der Waals surface area contributed by atoms with Gasteiger partial charge in [-0.05, 0) is 13.3 Å². The first kappa shape index (κ1) is 12.7. The zero-order valence-electron chi connectivity index (χ0n) is 11.0. The molecule has 1 unspecified atom stereocenters. The van der Waals surface area contributed by atoms with Crippen molar-refractivity contribution in [1.82, 2.24) is 9.88 Å². The zero-order chi connectivity index (χ0) is 13.1. The normalized spacial score (nSPS) is 19.2. The van der Waals surface area contributed by atoms with Gasteiger partial charge in [0, 0.05) is 24.7 Å². The highest BCUT2D eigenvalue weighted by Crippen LogP contribution is 2.31. The van der Waals surface area contributed by atoms with Crippen LogP contribution in [0.5, 0.6) is 11.5 Å². The molecule has 0 aromatic carbocycles. The van der Waals surface area contributed by atoms with Gasteiger partial charge < -0.3 is 14.4 Å². The largest absolute Gasteiger partial charge is 0.493 e. The topological polar surface area (TPSA) is 51.7 Å². The Balaban J connectivity index is 2.26. The molecule has 18 heavy (non-hydrogen) atoms. The molecule has 1 atom stereocenters. The summed E-state index contributed by atoms with van der Waals surface area (Å²) in [6.07, 6.45) is 3.19. The van der Waals surface area contributed by atoms with Crippen LogP contribution in [0.1, 0.15) is 25.5 Å². The molecule has 0 N–H and O–H groups in total. The molecule has 2 heterocycles. The van der Waals surface area contributed by atoms with Gasteiger partial charge in [0.15, 0.2) is 11.5 Å². The van der Waals surface area contributed by atoms with Gasteiger partial charge in [-0.3, -0.25) is 9.78 Å². The maximum absolute atomic E-state index is 11.8. The van der Waals surface area contributed by atoms with E-state index in [-0.39, 0.29) is 11.9 Å². The summed E-state index contributed by atoms with van der Waals surface area (Å²) in [7, 11) is 3.17. The third-order valence-electron chi connectivity index (χ3n) is 3.31. The number of ether oxygens (including phenoxy) is 2. The van der Waals surface area contributed by atoms with Crippen LogP contribution >= 0.6 is 0 Å². The molecule has 2 rings (SSSR count). The summed E-state index contributed by atoms with van der Waals surface area (Å²) in [4.78, 5) is 17.9. The van der Waals surface area contributed by atoms with Gasteiger partial charge in [-0.15, -0.1) is 0 Å². The van der Waals surface area contributed by atoms with Gasteiger partial charge in [-0.2, -0.15) is 0 Å². The third kappa shape index (κ3) is 2.25. The van der Waals surface area contributed by atoms with Crippen LogP contribution in [0.25, 0.3) is 0 Å². The van der Waals surface area contributed by atoms with E-state index in [0.29, 0.717) is 24.5 Å². The zero-order valence-corrected chi connectivity index (χ0v) is 11.0. The van der Waals surface area contributed by atoms with Crippen molar-refractivity contribution in [2.45, 2.75) is 32.4 Å². The van der Waals surface area contributed by atoms with Crippen LogP contribution in [0.2, 0.25) is 0 Å². The Labute approximate surface area is 107 Å². The van der Waals surface area contributed by atoms with E-state index in [4.69, 9.17) is 9.47 Å². The van der Waals surface area contributed by atoms with Gasteiger partial charge in [0.05, 0.1) is 20.8 Å². The minimum atomic E-state index is 0.175. The van der Waals surface area contributed by atoms with Crippen molar-refractivity contribution in [1.29, 1.82) is 0 Å². The molecule has 5 nitrogen and oxygen atoms in total. The van der Waals surface area contributed by atoms with E-state index in [1.807, 2.05) is 4.90 Å². The second kappa shape index (κ2) is 5.25. The average Bonchev–Trinajstić information content (AvgIpc) is 2.70. The first-order chi connectivity index (χ1) is 8.67. The first-order valence-electron chi connectivity index (χ1n) is 6.02. The molecule has 98 valence electrons. The number of nitrogens with zero attached hydrogens (tertiary/aromatic N) is 2. The van der Waals surface area contributed by atoms with Gasteiger partial charge >= 0.3 is 0 Å². The number of methoxy groups -OCH3 is 2. The van der Waals surface area contributed by atoms with E-state index >= 15 is 0 Å². The van der Waals surface area contributed by atoms with Crippen LogP contribution in [0.4, 0.5) is 0 Å². The van der Waals surface area contributed by atoms with Gasteiger partial charge in [-0.25, -0.2) is 0 Å².